The molecule has 7 nitrogen and oxygen atoms in total. The number of imidazole rings is 1. The number of para-hydroxylation sites is 2. The van der Waals surface area contributed by atoms with Gasteiger partial charge >= 0.3 is 11.7 Å². The molecule has 1 amide bonds. The third-order valence-corrected chi connectivity index (χ3v) is 3.85. The number of ether oxygens (including phenoxy) is 1. The molecule has 1 aromatic carbocycles. The van der Waals surface area contributed by atoms with Gasteiger partial charge in [0.15, 0.2) is 6.61 Å². The highest BCUT2D eigenvalue weighted by Crippen LogP contribution is 2.13. The zero-order valence-corrected chi connectivity index (χ0v) is 14.8. The van der Waals surface area contributed by atoms with Gasteiger partial charge in [-0.1, -0.05) is 26.0 Å². The summed E-state index contributed by atoms with van der Waals surface area (Å²) in [4.78, 5) is 35.9. The van der Waals surface area contributed by atoms with E-state index in [2.05, 4.69) is 5.32 Å². The van der Waals surface area contributed by atoms with Gasteiger partial charge in [-0.2, -0.15) is 0 Å². The van der Waals surface area contributed by atoms with Crippen molar-refractivity contribution < 1.29 is 14.3 Å². The third kappa shape index (κ3) is 4.71. The number of aryl methyl sites for hydroxylation is 2. The molecule has 2 aromatic rings. The van der Waals surface area contributed by atoms with Crippen LogP contribution in [0, 0.1) is 0 Å². The largest absolute Gasteiger partial charge is 0.456 e. The summed E-state index contributed by atoms with van der Waals surface area (Å²) in [6.07, 6.45) is 1.72. The van der Waals surface area contributed by atoms with Crippen LogP contribution in [0.4, 0.5) is 0 Å². The Morgan fingerprint density at radius 2 is 1.68 bits per heavy atom. The monoisotopic (exact) mass is 347 g/mol. The number of fused-ring (bicyclic) bond motifs is 1. The van der Waals surface area contributed by atoms with Gasteiger partial charge in [0.05, 0.1) is 17.5 Å². The molecule has 136 valence electrons. The number of nitrogens with one attached hydrogen (secondary N) is 1. The van der Waals surface area contributed by atoms with Gasteiger partial charge in [-0.3, -0.25) is 18.7 Å². The van der Waals surface area contributed by atoms with E-state index in [1.54, 1.807) is 9.13 Å². The van der Waals surface area contributed by atoms with Crippen LogP contribution in [0.15, 0.2) is 29.1 Å². The molecule has 1 heterocycles. The second kappa shape index (κ2) is 9.05. The molecule has 25 heavy (non-hydrogen) atoms. The van der Waals surface area contributed by atoms with E-state index in [0.717, 1.165) is 23.9 Å². The second-order valence-electron chi connectivity index (χ2n) is 5.84. The van der Waals surface area contributed by atoms with Crippen molar-refractivity contribution in [1.29, 1.82) is 0 Å². The van der Waals surface area contributed by atoms with Crippen molar-refractivity contribution in [3.63, 3.8) is 0 Å². The number of esters is 1. The molecule has 0 aliphatic rings. The molecule has 2 rings (SSSR count). The summed E-state index contributed by atoms with van der Waals surface area (Å²) >= 11 is 0. The molecule has 1 aromatic heterocycles. The molecule has 0 saturated carbocycles. The summed E-state index contributed by atoms with van der Waals surface area (Å²) in [6, 6.07) is 7.53. The van der Waals surface area contributed by atoms with E-state index in [4.69, 9.17) is 4.74 Å². The standard InChI is InChI=1S/C18H25N3O4/c1-3-10-19-16(22)13-25-17(23)9-12-21-15-8-6-5-7-14(15)20(11-4-2)18(21)24/h5-8H,3-4,9-13H2,1-2H3,(H,19,22). The number of hydrogen-bond donors (Lipinski definition) is 1. The predicted molar refractivity (Wildman–Crippen MR) is 95.4 cm³/mol. The molecule has 0 bridgehead atoms. The summed E-state index contributed by atoms with van der Waals surface area (Å²) in [5.41, 5.74) is 1.53. The molecular formula is C18H25N3O4. The number of hydrogen-bond acceptors (Lipinski definition) is 4. The van der Waals surface area contributed by atoms with Crippen LogP contribution in [-0.4, -0.2) is 34.2 Å². The van der Waals surface area contributed by atoms with E-state index in [1.807, 2.05) is 38.1 Å². The highest BCUT2D eigenvalue weighted by Gasteiger charge is 2.14. The maximum absolute atomic E-state index is 12.6. The highest BCUT2D eigenvalue weighted by atomic mass is 16.5. The van der Waals surface area contributed by atoms with Crippen molar-refractivity contribution in [3.8, 4) is 0 Å². The Morgan fingerprint density at radius 1 is 1.04 bits per heavy atom. The van der Waals surface area contributed by atoms with Crippen LogP contribution in [0.5, 0.6) is 0 Å². The summed E-state index contributed by atoms with van der Waals surface area (Å²) < 4.78 is 8.26. The first-order chi connectivity index (χ1) is 12.1. The van der Waals surface area contributed by atoms with Crippen LogP contribution < -0.4 is 11.0 Å². The first kappa shape index (κ1) is 18.8. The highest BCUT2D eigenvalue weighted by molar-refractivity contribution is 5.80. The first-order valence-electron chi connectivity index (χ1n) is 8.68. The fourth-order valence-corrected chi connectivity index (χ4v) is 2.66. The lowest BCUT2D eigenvalue weighted by Gasteiger charge is -2.06. The van der Waals surface area contributed by atoms with Gasteiger partial charge < -0.3 is 10.1 Å². The molecule has 0 spiro atoms. The maximum Gasteiger partial charge on any atom is 0.329 e. The van der Waals surface area contributed by atoms with Gasteiger partial charge in [0.25, 0.3) is 5.91 Å². The number of amides is 1. The molecule has 0 unspecified atom stereocenters. The molecular weight excluding hydrogens is 322 g/mol. The Balaban J connectivity index is 2.01. The molecule has 0 saturated heterocycles. The predicted octanol–water partition coefficient (Wildman–Crippen LogP) is 1.67. The molecule has 0 fully saturated rings. The van der Waals surface area contributed by atoms with Gasteiger partial charge in [0.2, 0.25) is 0 Å². The fourth-order valence-electron chi connectivity index (χ4n) is 2.66. The van der Waals surface area contributed by atoms with Crippen LogP contribution >= 0.6 is 0 Å². The molecule has 0 radical (unpaired) electrons. The average molecular weight is 347 g/mol. The molecule has 0 aliphatic heterocycles. The maximum atomic E-state index is 12.6. The molecule has 1 N–H and O–H groups in total. The lowest BCUT2D eigenvalue weighted by Crippen LogP contribution is -2.30. The van der Waals surface area contributed by atoms with Crippen molar-refractivity contribution in [2.24, 2.45) is 0 Å². The lowest BCUT2D eigenvalue weighted by molar-refractivity contribution is -0.148. The van der Waals surface area contributed by atoms with Gasteiger partial charge in [-0.05, 0) is 25.0 Å². The first-order valence-corrected chi connectivity index (χ1v) is 8.68. The average Bonchev–Trinajstić information content (AvgIpc) is 2.88. The Kier molecular flexibility index (Phi) is 6.80. The van der Waals surface area contributed by atoms with Crippen LogP contribution in [0.3, 0.4) is 0 Å². The van der Waals surface area contributed by atoms with Crippen LogP contribution in [-0.2, 0) is 27.4 Å². The Hall–Kier alpha value is -2.57. The normalized spacial score (nSPS) is 10.8. The number of aromatic nitrogens is 2. The van der Waals surface area contributed by atoms with Crippen molar-refractivity contribution in [1.82, 2.24) is 14.5 Å². The topological polar surface area (TPSA) is 82.3 Å². The Bertz CT molecular complexity index is 791. The van der Waals surface area contributed by atoms with Gasteiger partial charge in [0, 0.05) is 19.6 Å². The smallest absolute Gasteiger partial charge is 0.329 e. The number of benzene rings is 1. The number of carbonyl (C=O) groups is 2. The van der Waals surface area contributed by atoms with Crippen LogP contribution in [0.2, 0.25) is 0 Å². The SMILES string of the molecule is CCCNC(=O)COC(=O)CCn1c(=O)n(CCC)c2ccccc21. The third-order valence-electron chi connectivity index (χ3n) is 3.85. The minimum Gasteiger partial charge on any atom is -0.456 e. The molecule has 7 heteroatoms. The quantitative estimate of drug-likeness (QED) is 0.700. The summed E-state index contributed by atoms with van der Waals surface area (Å²) in [5, 5.41) is 2.64. The summed E-state index contributed by atoms with van der Waals surface area (Å²) in [5.74, 6) is -0.808. The van der Waals surface area contributed by atoms with Crippen molar-refractivity contribution in [3.05, 3.63) is 34.7 Å². The molecule has 0 aliphatic carbocycles. The molecule has 0 atom stereocenters. The number of carbonyl (C=O) groups excluding carboxylic acids is 2. The zero-order chi connectivity index (χ0) is 18.2. The van der Waals surface area contributed by atoms with Gasteiger partial charge in [0.1, 0.15) is 0 Å². The minimum absolute atomic E-state index is 0.0428. The van der Waals surface area contributed by atoms with E-state index in [0.29, 0.717) is 13.1 Å². The number of nitrogens with zero attached hydrogens (tertiary/aromatic N) is 2. The summed E-state index contributed by atoms with van der Waals surface area (Å²) in [6.45, 7) is 5.09. The van der Waals surface area contributed by atoms with Crippen molar-refractivity contribution in [2.75, 3.05) is 13.2 Å². The van der Waals surface area contributed by atoms with E-state index in [1.165, 1.54) is 0 Å². The number of rotatable bonds is 9. The van der Waals surface area contributed by atoms with Gasteiger partial charge in [-0.15, -0.1) is 0 Å². The summed E-state index contributed by atoms with van der Waals surface area (Å²) in [7, 11) is 0. The van der Waals surface area contributed by atoms with Crippen LogP contribution in [0.1, 0.15) is 33.1 Å². The fraction of sp³-hybridized carbons (Fsp3) is 0.500. The lowest BCUT2D eigenvalue weighted by atomic mass is 10.3. The van der Waals surface area contributed by atoms with Gasteiger partial charge in [-0.25, -0.2) is 4.79 Å². The zero-order valence-electron chi connectivity index (χ0n) is 14.8. The Labute approximate surface area is 146 Å². The van der Waals surface area contributed by atoms with E-state index in [9.17, 15) is 14.4 Å². The van der Waals surface area contributed by atoms with Crippen molar-refractivity contribution in [2.45, 2.75) is 46.2 Å². The van der Waals surface area contributed by atoms with E-state index < -0.39 is 5.97 Å². The second-order valence-corrected chi connectivity index (χ2v) is 5.84. The van der Waals surface area contributed by atoms with Crippen LogP contribution in [0.25, 0.3) is 11.0 Å². The minimum atomic E-state index is -0.495. The Morgan fingerprint density at radius 3 is 2.28 bits per heavy atom. The van der Waals surface area contributed by atoms with Crippen molar-refractivity contribution >= 4 is 22.9 Å². The van der Waals surface area contributed by atoms with E-state index in [-0.39, 0.29) is 31.2 Å². The van der Waals surface area contributed by atoms with E-state index >= 15 is 0 Å².